The van der Waals surface area contributed by atoms with Crippen LogP contribution in [0.4, 0.5) is 16.2 Å². The molecule has 4 rings (SSSR count). The molecule has 1 aliphatic rings. The summed E-state index contributed by atoms with van der Waals surface area (Å²) < 4.78 is 0.749. The number of hydrogen-bond donors (Lipinski definition) is 4. The van der Waals surface area contributed by atoms with E-state index < -0.39 is 11.6 Å². The van der Waals surface area contributed by atoms with E-state index in [-0.39, 0.29) is 5.91 Å². The van der Waals surface area contributed by atoms with Crippen molar-refractivity contribution in [3.8, 4) is 0 Å². The second-order valence-electron chi connectivity index (χ2n) is 9.71. The molecule has 1 fully saturated rings. The molecule has 8 nitrogen and oxygen atoms in total. The standard InChI is InChI=1S/C27H33N5O3/c1-27(25(33)29-17-19-8-4-3-5-9-19,16-20-18-28-24-11-7-6-10-23(20)24)31-26(34)30-21-12-14-22(15-13-21)32(2)35/h6-7,10-15,18-19,28H,3-5,8-9,16-17H2,1-2H3,(H2-,29,30,31,33,34,35)/p+1/t27-/m0/s1. The molecule has 3 aromatic rings. The fourth-order valence-corrected chi connectivity index (χ4v) is 4.83. The number of carbonyl (C=O) groups excluding carboxylic acids is 2. The minimum absolute atomic E-state index is 0.202. The number of H-pyrrole nitrogens is 1. The molecule has 1 atom stereocenters. The van der Waals surface area contributed by atoms with Crippen molar-refractivity contribution in [3.63, 3.8) is 0 Å². The molecule has 1 aliphatic carbocycles. The predicted octanol–water partition coefficient (Wildman–Crippen LogP) is 5.03. The van der Waals surface area contributed by atoms with Crippen molar-refractivity contribution >= 4 is 34.2 Å². The van der Waals surface area contributed by atoms with Gasteiger partial charge in [-0.1, -0.05) is 37.5 Å². The van der Waals surface area contributed by atoms with Crippen molar-refractivity contribution < 1.29 is 14.3 Å². The van der Waals surface area contributed by atoms with E-state index in [0.717, 1.165) is 34.1 Å². The lowest BCUT2D eigenvalue weighted by molar-refractivity contribution is -0.428. The van der Waals surface area contributed by atoms with Crippen LogP contribution in [0.3, 0.4) is 0 Å². The summed E-state index contributed by atoms with van der Waals surface area (Å²) >= 11 is 0. The van der Waals surface area contributed by atoms with Crippen LogP contribution in [0.25, 0.3) is 10.9 Å². The smallest absolute Gasteiger partial charge is 0.320 e. The van der Waals surface area contributed by atoms with E-state index in [4.69, 9.17) is 0 Å². The zero-order valence-corrected chi connectivity index (χ0v) is 20.4. The summed E-state index contributed by atoms with van der Waals surface area (Å²) in [6, 6.07) is 14.0. The number of fused-ring (bicyclic) bond motifs is 1. The number of carbonyl (C=O) groups is 2. The maximum Gasteiger partial charge on any atom is 0.320 e. The van der Waals surface area contributed by atoms with Gasteiger partial charge in [0.05, 0.1) is 0 Å². The molecule has 4 N–H and O–H groups in total. The Balaban J connectivity index is 1.50. The second kappa shape index (κ2) is 10.7. The summed E-state index contributed by atoms with van der Waals surface area (Å²) in [5.41, 5.74) is 1.80. The van der Waals surface area contributed by atoms with Gasteiger partial charge in [0.2, 0.25) is 5.91 Å². The van der Waals surface area contributed by atoms with Crippen molar-refractivity contribution in [2.75, 3.05) is 18.9 Å². The lowest BCUT2D eigenvalue weighted by Gasteiger charge is -2.31. The molecule has 3 amide bonds. The normalized spacial score (nSPS) is 15.8. The average Bonchev–Trinajstić information content (AvgIpc) is 3.25. The third-order valence-corrected chi connectivity index (χ3v) is 6.87. The van der Waals surface area contributed by atoms with Crippen molar-refractivity contribution in [1.82, 2.24) is 15.6 Å². The number of nitrogens with one attached hydrogen (secondary N) is 4. The Morgan fingerprint density at radius 3 is 2.49 bits per heavy atom. The first-order valence-electron chi connectivity index (χ1n) is 12.3. The van der Waals surface area contributed by atoms with Crippen LogP contribution < -0.4 is 16.0 Å². The van der Waals surface area contributed by atoms with Crippen LogP contribution in [0.2, 0.25) is 0 Å². The van der Waals surface area contributed by atoms with Gasteiger partial charge in [-0.25, -0.2) is 4.79 Å². The summed E-state index contributed by atoms with van der Waals surface area (Å²) in [6.07, 6.45) is 8.15. The van der Waals surface area contributed by atoms with E-state index in [1.807, 2.05) is 30.5 Å². The van der Waals surface area contributed by atoms with Crippen LogP contribution >= 0.6 is 0 Å². The van der Waals surface area contributed by atoms with Gasteiger partial charge in [0.25, 0.3) is 5.69 Å². The van der Waals surface area contributed by atoms with Gasteiger partial charge in [0.1, 0.15) is 5.54 Å². The lowest BCUT2D eigenvalue weighted by Crippen LogP contribution is -2.59. The SMILES string of the molecule is C[N+](=O)c1ccc(NC(=O)N[C@@](C)(Cc2c[nH]c3ccccc23)C(=O)NCC2CCCCC2)cc1. The monoisotopic (exact) mass is 476 g/mol. The first kappa shape index (κ1) is 24.4. The van der Waals surface area contributed by atoms with Gasteiger partial charge < -0.3 is 20.9 Å². The molecule has 0 spiro atoms. The Morgan fingerprint density at radius 1 is 1.06 bits per heavy atom. The summed E-state index contributed by atoms with van der Waals surface area (Å²) in [5, 5.41) is 9.84. The van der Waals surface area contributed by atoms with Crippen molar-refractivity contribution in [2.45, 2.75) is 51.0 Å². The van der Waals surface area contributed by atoms with Gasteiger partial charge >= 0.3 is 6.03 Å². The molecule has 1 aromatic heterocycles. The van der Waals surface area contributed by atoms with Crippen LogP contribution in [0, 0.1) is 10.8 Å². The third-order valence-electron chi connectivity index (χ3n) is 6.87. The minimum atomic E-state index is -1.17. The first-order valence-corrected chi connectivity index (χ1v) is 12.3. The Morgan fingerprint density at radius 2 is 1.77 bits per heavy atom. The number of nitroso groups, excluding NO2 is 1. The van der Waals surface area contributed by atoms with Crippen LogP contribution in [-0.2, 0) is 11.2 Å². The van der Waals surface area contributed by atoms with Crippen LogP contribution in [0.5, 0.6) is 0 Å². The molecular formula is C27H34N5O3+. The number of aromatic nitrogens is 1. The zero-order chi connectivity index (χ0) is 24.8. The summed E-state index contributed by atoms with van der Waals surface area (Å²) in [5.74, 6) is 0.281. The molecule has 1 heterocycles. The Hall–Kier alpha value is -3.68. The molecule has 35 heavy (non-hydrogen) atoms. The zero-order valence-electron chi connectivity index (χ0n) is 20.4. The minimum Gasteiger partial charge on any atom is -0.361 e. The van der Waals surface area contributed by atoms with Gasteiger partial charge in [-0.3, -0.25) is 4.79 Å². The molecule has 0 radical (unpaired) electrons. The third kappa shape index (κ3) is 6.07. The topological polar surface area (TPSA) is 106 Å². The molecule has 0 saturated heterocycles. The molecular weight excluding hydrogens is 442 g/mol. The van der Waals surface area contributed by atoms with E-state index in [9.17, 15) is 14.5 Å². The van der Waals surface area contributed by atoms with Crippen molar-refractivity contribution in [1.29, 1.82) is 0 Å². The Bertz CT molecular complexity index is 1200. The quantitative estimate of drug-likeness (QED) is 0.343. The van der Waals surface area contributed by atoms with E-state index in [1.165, 1.54) is 26.3 Å². The number of rotatable bonds is 8. The van der Waals surface area contributed by atoms with E-state index in [0.29, 0.717) is 30.3 Å². The lowest BCUT2D eigenvalue weighted by atomic mass is 9.88. The highest BCUT2D eigenvalue weighted by Gasteiger charge is 2.36. The molecule has 0 bridgehead atoms. The number of benzene rings is 2. The molecule has 0 aliphatic heterocycles. The maximum atomic E-state index is 13.5. The number of anilines is 1. The van der Waals surface area contributed by atoms with Crippen LogP contribution in [0.15, 0.2) is 54.7 Å². The van der Waals surface area contributed by atoms with Crippen LogP contribution in [0.1, 0.15) is 44.6 Å². The summed E-state index contributed by atoms with van der Waals surface area (Å²) in [7, 11) is 1.41. The van der Waals surface area contributed by atoms with E-state index >= 15 is 0 Å². The van der Waals surface area contributed by atoms with E-state index in [2.05, 4.69) is 20.9 Å². The van der Waals surface area contributed by atoms with Gasteiger partial charge in [-0.2, -0.15) is 0 Å². The highest BCUT2D eigenvalue weighted by atomic mass is 16.3. The Labute approximate surface area is 205 Å². The van der Waals surface area contributed by atoms with Gasteiger partial charge in [-0.15, -0.1) is 0 Å². The van der Waals surface area contributed by atoms with Gasteiger partial charge in [0, 0.05) is 57.6 Å². The molecule has 1 saturated carbocycles. The molecule has 0 unspecified atom stereocenters. The highest BCUT2D eigenvalue weighted by molar-refractivity contribution is 5.96. The number of hydrogen-bond acceptors (Lipinski definition) is 3. The Kier molecular flexibility index (Phi) is 7.48. The fraction of sp³-hybridized carbons (Fsp3) is 0.407. The first-order chi connectivity index (χ1) is 16.8. The van der Waals surface area contributed by atoms with Crippen LogP contribution in [-0.4, -0.2) is 40.8 Å². The summed E-state index contributed by atoms with van der Waals surface area (Å²) in [6.45, 7) is 2.38. The fourth-order valence-electron chi connectivity index (χ4n) is 4.83. The molecule has 2 aromatic carbocycles. The maximum absolute atomic E-state index is 13.5. The van der Waals surface area contributed by atoms with Gasteiger partial charge in [-0.05, 0) is 49.4 Å². The summed E-state index contributed by atoms with van der Waals surface area (Å²) in [4.78, 5) is 41.1. The highest BCUT2D eigenvalue weighted by Crippen LogP contribution is 2.25. The number of urea groups is 1. The number of aromatic amines is 1. The molecule has 184 valence electrons. The van der Waals surface area contributed by atoms with Gasteiger partial charge in [0.15, 0.2) is 7.05 Å². The number of nitrogens with zero attached hydrogens (tertiary/aromatic N) is 1. The predicted molar refractivity (Wildman–Crippen MR) is 138 cm³/mol. The van der Waals surface area contributed by atoms with E-state index in [1.54, 1.807) is 31.2 Å². The second-order valence-corrected chi connectivity index (χ2v) is 9.71. The number of amides is 3. The average molecular weight is 477 g/mol. The number of para-hydroxylation sites is 1. The van der Waals surface area contributed by atoms with Crippen molar-refractivity contribution in [2.24, 2.45) is 5.92 Å². The largest absolute Gasteiger partial charge is 0.361 e. The molecule has 8 heteroatoms. The van der Waals surface area contributed by atoms with Crippen molar-refractivity contribution in [3.05, 3.63) is 65.2 Å².